The van der Waals surface area contributed by atoms with Crippen molar-refractivity contribution in [3.05, 3.63) is 5.82 Å². The van der Waals surface area contributed by atoms with E-state index in [1.807, 2.05) is 0 Å². The molecule has 1 aromatic rings. The fraction of sp³-hybridized carbons (Fsp3) is 0.909. The molecule has 0 amide bonds. The zero-order valence-electron chi connectivity index (χ0n) is 17.0. The van der Waals surface area contributed by atoms with Crippen LogP contribution in [0.2, 0.25) is 0 Å². The lowest BCUT2D eigenvalue weighted by molar-refractivity contribution is -0.0536. The Kier molecular flexibility index (Phi) is 4.41. The molecule has 6 fully saturated rings. The number of hydrogen-bond donors (Lipinski definition) is 0. The maximum absolute atomic E-state index is 5.68. The standard InChI is InChI=1S/C22H34N4O2/c1-4-28-15-16(1)14-26-20(23-24-21(26)25-2-5-27-6-3-25)13-22-10-17-7-18(11-22)9-19(8-17)12-22/h16-19H,1-15H2. The second kappa shape index (κ2) is 6.98. The van der Waals surface area contributed by atoms with Crippen molar-refractivity contribution in [2.45, 2.75) is 57.9 Å². The Morgan fingerprint density at radius 1 is 0.893 bits per heavy atom. The molecule has 1 unspecified atom stereocenters. The van der Waals surface area contributed by atoms with Gasteiger partial charge in [0, 0.05) is 38.6 Å². The number of nitrogens with zero attached hydrogens (tertiary/aromatic N) is 4. The zero-order valence-corrected chi connectivity index (χ0v) is 17.0. The lowest BCUT2D eigenvalue weighted by Crippen LogP contribution is -2.47. The fourth-order valence-electron chi connectivity index (χ4n) is 7.47. The van der Waals surface area contributed by atoms with Crippen molar-refractivity contribution < 1.29 is 9.47 Å². The lowest BCUT2D eigenvalue weighted by Gasteiger charge is -2.56. The van der Waals surface area contributed by atoms with E-state index in [1.54, 1.807) is 0 Å². The van der Waals surface area contributed by atoms with Crippen LogP contribution in [-0.4, -0.2) is 54.3 Å². The van der Waals surface area contributed by atoms with Gasteiger partial charge in [0.2, 0.25) is 5.95 Å². The summed E-state index contributed by atoms with van der Waals surface area (Å²) in [7, 11) is 0. The quantitative estimate of drug-likeness (QED) is 0.779. The van der Waals surface area contributed by atoms with Crippen molar-refractivity contribution in [2.24, 2.45) is 29.1 Å². The van der Waals surface area contributed by atoms with E-state index in [1.165, 1.54) is 44.3 Å². The third kappa shape index (κ3) is 3.17. The van der Waals surface area contributed by atoms with Gasteiger partial charge in [-0.15, -0.1) is 10.2 Å². The highest BCUT2D eigenvalue weighted by Crippen LogP contribution is 2.61. The summed E-state index contributed by atoms with van der Waals surface area (Å²) in [4.78, 5) is 2.38. The predicted octanol–water partition coefficient (Wildman–Crippen LogP) is 2.91. The van der Waals surface area contributed by atoms with Crippen molar-refractivity contribution in [1.29, 1.82) is 0 Å². The van der Waals surface area contributed by atoms with Gasteiger partial charge in [0.1, 0.15) is 5.82 Å². The Bertz CT molecular complexity index is 670. The van der Waals surface area contributed by atoms with Gasteiger partial charge in [-0.3, -0.25) is 4.57 Å². The van der Waals surface area contributed by atoms with Gasteiger partial charge >= 0.3 is 0 Å². The van der Waals surface area contributed by atoms with Crippen LogP contribution in [0.3, 0.4) is 0 Å². The van der Waals surface area contributed by atoms with E-state index in [0.29, 0.717) is 11.3 Å². The van der Waals surface area contributed by atoms with E-state index in [0.717, 1.165) is 82.6 Å². The molecule has 4 bridgehead atoms. The van der Waals surface area contributed by atoms with Crippen LogP contribution in [0.25, 0.3) is 0 Å². The Labute approximate surface area is 168 Å². The zero-order chi connectivity index (χ0) is 18.6. The minimum atomic E-state index is 0.508. The summed E-state index contributed by atoms with van der Waals surface area (Å²) in [6.45, 7) is 6.25. The van der Waals surface area contributed by atoms with E-state index in [9.17, 15) is 0 Å². The average Bonchev–Trinajstić information content (AvgIpc) is 3.32. The summed E-state index contributed by atoms with van der Waals surface area (Å²) in [5.41, 5.74) is 0.508. The van der Waals surface area contributed by atoms with Gasteiger partial charge in [0.15, 0.2) is 0 Å². The second-order valence-corrected chi connectivity index (χ2v) is 10.5. The second-order valence-electron chi connectivity index (χ2n) is 10.5. The van der Waals surface area contributed by atoms with Gasteiger partial charge in [-0.05, 0) is 68.1 Å². The molecule has 3 heterocycles. The number of aromatic nitrogens is 3. The minimum Gasteiger partial charge on any atom is -0.381 e. The molecule has 154 valence electrons. The third-order valence-electron chi connectivity index (χ3n) is 8.26. The van der Waals surface area contributed by atoms with E-state index in [-0.39, 0.29) is 0 Å². The molecule has 6 heteroatoms. The van der Waals surface area contributed by atoms with Crippen molar-refractivity contribution in [3.8, 4) is 0 Å². The first-order valence-electron chi connectivity index (χ1n) is 11.6. The normalized spacial score (nSPS) is 39.8. The van der Waals surface area contributed by atoms with Crippen LogP contribution in [0.15, 0.2) is 0 Å². The molecule has 1 atom stereocenters. The van der Waals surface area contributed by atoms with Crippen molar-refractivity contribution in [1.82, 2.24) is 14.8 Å². The molecular weight excluding hydrogens is 352 g/mol. The topological polar surface area (TPSA) is 52.4 Å². The van der Waals surface area contributed by atoms with Crippen LogP contribution in [0.5, 0.6) is 0 Å². The van der Waals surface area contributed by atoms with Crippen LogP contribution in [0.4, 0.5) is 5.95 Å². The van der Waals surface area contributed by atoms with Crippen LogP contribution in [0.1, 0.15) is 50.8 Å². The van der Waals surface area contributed by atoms with Crippen LogP contribution in [0, 0.1) is 29.1 Å². The van der Waals surface area contributed by atoms with Crippen LogP contribution >= 0.6 is 0 Å². The van der Waals surface area contributed by atoms with E-state index in [2.05, 4.69) is 9.47 Å². The van der Waals surface area contributed by atoms with E-state index in [4.69, 9.17) is 19.7 Å². The van der Waals surface area contributed by atoms with Crippen LogP contribution < -0.4 is 4.90 Å². The van der Waals surface area contributed by atoms with Crippen LogP contribution in [-0.2, 0) is 22.4 Å². The maximum Gasteiger partial charge on any atom is 0.227 e. The van der Waals surface area contributed by atoms with E-state index < -0.39 is 0 Å². The number of rotatable bonds is 5. The molecule has 0 spiro atoms. The minimum absolute atomic E-state index is 0.508. The average molecular weight is 387 g/mol. The van der Waals surface area contributed by atoms with Crippen molar-refractivity contribution in [3.63, 3.8) is 0 Å². The largest absolute Gasteiger partial charge is 0.381 e. The molecule has 4 aliphatic carbocycles. The Balaban J connectivity index is 1.29. The van der Waals surface area contributed by atoms with Crippen molar-refractivity contribution in [2.75, 3.05) is 44.4 Å². The molecule has 6 aliphatic rings. The molecule has 7 rings (SSSR count). The predicted molar refractivity (Wildman–Crippen MR) is 106 cm³/mol. The molecular formula is C22H34N4O2. The molecule has 0 radical (unpaired) electrons. The molecule has 6 nitrogen and oxygen atoms in total. The Hall–Kier alpha value is -1.14. The molecule has 0 N–H and O–H groups in total. The van der Waals surface area contributed by atoms with Gasteiger partial charge in [-0.2, -0.15) is 0 Å². The first-order valence-corrected chi connectivity index (χ1v) is 11.6. The van der Waals surface area contributed by atoms with E-state index >= 15 is 0 Å². The van der Waals surface area contributed by atoms with Gasteiger partial charge < -0.3 is 14.4 Å². The lowest BCUT2D eigenvalue weighted by atomic mass is 9.49. The number of morpholine rings is 1. The van der Waals surface area contributed by atoms with Crippen molar-refractivity contribution >= 4 is 5.95 Å². The highest BCUT2D eigenvalue weighted by atomic mass is 16.5. The van der Waals surface area contributed by atoms with Gasteiger partial charge in [-0.1, -0.05) is 0 Å². The maximum atomic E-state index is 5.68. The Morgan fingerprint density at radius 2 is 1.61 bits per heavy atom. The molecule has 28 heavy (non-hydrogen) atoms. The summed E-state index contributed by atoms with van der Waals surface area (Å²) in [5.74, 6) is 5.90. The molecule has 1 aromatic heterocycles. The number of hydrogen-bond acceptors (Lipinski definition) is 5. The monoisotopic (exact) mass is 386 g/mol. The first kappa shape index (κ1) is 17.7. The fourth-order valence-corrected chi connectivity index (χ4v) is 7.47. The molecule has 4 saturated carbocycles. The first-order chi connectivity index (χ1) is 13.8. The van der Waals surface area contributed by atoms with Gasteiger partial charge in [0.05, 0.1) is 19.8 Å². The number of ether oxygens (including phenoxy) is 2. The molecule has 2 saturated heterocycles. The van der Waals surface area contributed by atoms with Gasteiger partial charge in [-0.25, -0.2) is 0 Å². The summed E-state index contributed by atoms with van der Waals surface area (Å²) < 4.78 is 13.7. The SMILES string of the molecule is C1CN(c2nnc(CC34CC5CC(CC(C5)C3)C4)n2CC2CCOC2)CCO1. The smallest absolute Gasteiger partial charge is 0.227 e. The summed E-state index contributed by atoms with van der Waals surface area (Å²) in [5, 5.41) is 9.52. The van der Waals surface area contributed by atoms with Gasteiger partial charge in [0.25, 0.3) is 0 Å². The molecule has 0 aromatic carbocycles. The highest BCUT2D eigenvalue weighted by Gasteiger charge is 2.51. The Morgan fingerprint density at radius 3 is 2.25 bits per heavy atom. The summed E-state index contributed by atoms with van der Waals surface area (Å²) >= 11 is 0. The molecule has 2 aliphatic heterocycles. The summed E-state index contributed by atoms with van der Waals surface area (Å²) in [6.07, 6.45) is 11.1. The third-order valence-corrected chi connectivity index (χ3v) is 8.26. The highest BCUT2D eigenvalue weighted by molar-refractivity contribution is 5.32. The number of anilines is 1. The summed E-state index contributed by atoms with van der Waals surface area (Å²) in [6, 6.07) is 0.